The van der Waals surface area contributed by atoms with Crippen LogP contribution in [0.2, 0.25) is 0 Å². The molecule has 4 rings (SSSR count). The fourth-order valence-electron chi connectivity index (χ4n) is 2.94. The highest BCUT2D eigenvalue weighted by atomic mass is 32.2. The first-order valence-corrected chi connectivity index (χ1v) is 9.31. The number of fused-ring (bicyclic) bond motifs is 2. The molecule has 0 saturated heterocycles. The van der Waals surface area contributed by atoms with Crippen LogP contribution in [0.15, 0.2) is 77.8 Å². The molecule has 4 heteroatoms. The van der Waals surface area contributed by atoms with Gasteiger partial charge in [0.05, 0.1) is 18.4 Å². The third-order valence-corrected chi connectivity index (χ3v) is 5.37. The number of benzene rings is 3. The highest BCUT2D eigenvalue weighted by Crippen LogP contribution is 2.27. The molecule has 0 saturated carbocycles. The molecule has 0 N–H and O–H groups in total. The first kappa shape index (κ1) is 16.6. The standard InChI is InChI=1S/C22H17NO2S/c1-25-19-10-9-16-12-18(8-7-17(16)13-19)20(24)14-26-21-6-2-4-15-5-3-11-23-22(15)21/h2-13H,14H2,1H3. The van der Waals surface area contributed by atoms with E-state index in [-0.39, 0.29) is 5.78 Å². The minimum atomic E-state index is 0.112. The van der Waals surface area contributed by atoms with Crippen molar-refractivity contribution in [3.8, 4) is 5.75 Å². The number of ketones is 1. The van der Waals surface area contributed by atoms with Crippen LogP contribution in [0.3, 0.4) is 0 Å². The third kappa shape index (κ3) is 3.28. The van der Waals surface area contributed by atoms with Gasteiger partial charge in [0, 0.05) is 22.0 Å². The molecule has 3 aromatic carbocycles. The van der Waals surface area contributed by atoms with E-state index < -0.39 is 0 Å². The number of aromatic nitrogens is 1. The largest absolute Gasteiger partial charge is 0.497 e. The van der Waals surface area contributed by atoms with Crippen molar-refractivity contribution >= 4 is 39.2 Å². The lowest BCUT2D eigenvalue weighted by molar-refractivity contribution is 0.102. The summed E-state index contributed by atoms with van der Waals surface area (Å²) in [5.41, 5.74) is 1.67. The third-order valence-electron chi connectivity index (χ3n) is 4.32. The van der Waals surface area contributed by atoms with Crippen molar-refractivity contribution in [2.45, 2.75) is 4.90 Å². The Balaban J connectivity index is 1.55. The number of thioether (sulfide) groups is 1. The van der Waals surface area contributed by atoms with Crippen molar-refractivity contribution in [2.75, 3.05) is 12.9 Å². The summed E-state index contributed by atoms with van der Waals surface area (Å²) < 4.78 is 5.25. The van der Waals surface area contributed by atoms with E-state index >= 15 is 0 Å². The average molecular weight is 359 g/mol. The van der Waals surface area contributed by atoms with E-state index in [1.54, 1.807) is 13.3 Å². The van der Waals surface area contributed by atoms with Crippen LogP contribution < -0.4 is 4.74 Å². The summed E-state index contributed by atoms with van der Waals surface area (Å²) in [5.74, 6) is 1.31. The van der Waals surface area contributed by atoms with Gasteiger partial charge in [0.2, 0.25) is 0 Å². The Kier molecular flexibility index (Phi) is 4.59. The SMILES string of the molecule is COc1ccc2cc(C(=O)CSc3cccc4cccnc34)ccc2c1. The number of carbonyl (C=O) groups is 1. The Bertz CT molecular complexity index is 1100. The molecule has 0 amide bonds. The topological polar surface area (TPSA) is 39.2 Å². The number of methoxy groups -OCH3 is 1. The van der Waals surface area contributed by atoms with Gasteiger partial charge >= 0.3 is 0 Å². The number of nitrogens with zero attached hydrogens (tertiary/aromatic N) is 1. The number of hydrogen-bond donors (Lipinski definition) is 0. The van der Waals surface area contributed by atoms with Crippen molar-refractivity contribution in [3.63, 3.8) is 0 Å². The van der Waals surface area contributed by atoms with Gasteiger partial charge in [-0.3, -0.25) is 9.78 Å². The lowest BCUT2D eigenvalue weighted by Crippen LogP contribution is -2.02. The summed E-state index contributed by atoms with van der Waals surface area (Å²) in [6.07, 6.45) is 1.78. The molecule has 3 nitrogen and oxygen atoms in total. The molecule has 4 aromatic rings. The molecule has 0 atom stereocenters. The normalized spacial score (nSPS) is 11.0. The van der Waals surface area contributed by atoms with E-state index in [2.05, 4.69) is 4.98 Å². The van der Waals surface area contributed by atoms with Crippen LogP contribution in [-0.4, -0.2) is 23.6 Å². The zero-order valence-electron chi connectivity index (χ0n) is 14.3. The van der Waals surface area contributed by atoms with Crippen molar-refractivity contribution in [1.29, 1.82) is 0 Å². The maximum atomic E-state index is 12.7. The minimum Gasteiger partial charge on any atom is -0.497 e. The number of para-hydroxylation sites is 1. The van der Waals surface area contributed by atoms with Gasteiger partial charge in [0.1, 0.15) is 5.75 Å². The van der Waals surface area contributed by atoms with Crippen molar-refractivity contribution in [2.24, 2.45) is 0 Å². The molecule has 0 bridgehead atoms. The summed E-state index contributed by atoms with van der Waals surface area (Å²) in [6.45, 7) is 0. The highest BCUT2D eigenvalue weighted by Gasteiger charge is 2.10. The maximum absolute atomic E-state index is 12.7. The number of hydrogen-bond acceptors (Lipinski definition) is 4. The predicted octanol–water partition coefficient (Wildman–Crippen LogP) is 5.37. The summed E-state index contributed by atoms with van der Waals surface area (Å²) in [6, 6.07) is 21.7. The van der Waals surface area contributed by atoms with Crippen LogP contribution in [0.5, 0.6) is 5.75 Å². The number of Topliss-reactive ketones (excluding diaryl/α,β-unsaturated/α-hetero) is 1. The number of ether oxygens (including phenoxy) is 1. The smallest absolute Gasteiger partial charge is 0.173 e. The number of rotatable bonds is 5. The summed E-state index contributed by atoms with van der Waals surface area (Å²) in [5, 5.41) is 3.19. The Hall–Kier alpha value is -2.85. The summed E-state index contributed by atoms with van der Waals surface area (Å²) in [7, 11) is 1.65. The zero-order chi connectivity index (χ0) is 17.9. The summed E-state index contributed by atoms with van der Waals surface area (Å²) >= 11 is 1.53. The lowest BCUT2D eigenvalue weighted by atomic mass is 10.0. The van der Waals surface area contributed by atoms with Gasteiger partial charge in [0.25, 0.3) is 0 Å². The number of pyridine rings is 1. The van der Waals surface area contributed by atoms with E-state index in [0.717, 1.165) is 37.9 Å². The predicted molar refractivity (Wildman–Crippen MR) is 107 cm³/mol. The van der Waals surface area contributed by atoms with Gasteiger partial charge in [-0.2, -0.15) is 0 Å². The zero-order valence-corrected chi connectivity index (χ0v) is 15.1. The van der Waals surface area contributed by atoms with E-state index in [0.29, 0.717) is 5.75 Å². The van der Waals surface area contributed by atoms with Gasteiger partial charge in [-0.05, 0) is 41.1 Å². The molecule has 0 fully saturated rings. The van der Waals surface area contributed by atoms with Crippen LogP contribution in [-0.2, 0) is 0 Å². The molecule has 0 aliphatic carbocycles. The van der Waals surface area contributed by atoms with E-state index in [1.807, 2.05) is 66.7 Å². The van der Waals surface area contributed by atoms with E-state index in [1.165, 1.54) is 11.8 Å². The second-order valence-electron chi connectivity index (χ2n) is 5.97. The molecular formula is C22H17NO2S. The first-order valence-electron chi connectivity index (χ1n) is 8.32. The second kappa shape index (κ2) is 7.18. The molecule has 0 aliphatic heterocycles. The Morgan fingerprint density at radius 2 is 1.77 bits per heavy atom. The molecule has 128 valence electrons. The Morgan fingerprint density at radius 1 is 0.962 bits per heavy atom. The minimum absolute atomic E-state index is 0.112. The van der Waals surface area contributed by atoms with Gasteiger partial charge in [0.15, 0.2) is 5.78 Å². The second-order valence-corrected chi connectivity index (χ2v) is 6.99. The molecule has 1 heterocycles. The molecular weight excluding hydrogens is 342 g/mol. The molecule has 26 heavy (non-hydrogen) atoms. The van der Waals surface area contributed by atoms with Crippen LogP contribution in [0.1, 0.15) is 10.4 Å². The van der Waals surface area contributed by atoms with Gasteiger partial charge < -0.3 is 4.74 Å². The van der Waals surface area contributed by atoms with Crippen LogP contribution in [0.25, 0.3) is 21.7 Å². The average Bonchev–Trinajstić information content (AvgIpc) is 2.71. The Labute approximate surface area is 156 Å². The number of carbonyl (C=O) groups excluding carboxylic acids is 1. The fourth-order valence-corrected chi connectivity index (χ4v) is 3.88. The quantitative estimate of drug-likeness (QED) is 0.355. The fraction of sp³-hybridized carbons (Fsp3) is 0.0909. The Morgan fingerprint density at radius 3 is 2.65 bits per heavy atom. The highest BCUT2D eigenvalue weighted by molar-refractivity contribution is 8.00. The van der Waals surface area contributed by atoms with Crippen LogP contribution in [0, 0.1) is 0 Å². The van der Waals surface area contributed by atoms with Crippen molar-refractivity contribution in [3.05, 3.63) is 78.5 Å². The first-order chi connectivity index (χ1) is 12.7. The lowest BCUT2D eigenvalue weighted by Gasteiger charge is -2.07. The molecule has 0 radical (unpaired) electrons. The monoisotopic (exact) mass is 359 g/mol. The van der Waals surface area contributed by atoms with Gasteiger partial charge in [-0.25, -0.2) is 0 Å². The molecule has 0 aliphatic rings. The molecule has 0 unspecified atom stereocenters. The summed E-state index contributed by atoms with van der Waals surface area (Å²) in [4.78, 5) is 18.1. The van der Waals surface area contributed by atoms with Crippen LogP contribution in [0.4, 0.5) is 0 Å². The molecule has 1 aromatic heterocycles. The molecule has 0 spiro atoms. The van der Waals surface area contributed by atoms with Gasteiger partial charge in [-0.1, -0.05) is 36.4 Å². The van der Waals surface area contributed by atoms with Crippen molar-refractivity contribution < 1.29 is 9.53 Å². The van der Waals surface area contributed by atoms with E-state index in [9.17, 15) is 4.79 Å². The van der Waals surface area contributed by atoms with E-state index in [4.69, 9.17) is 4.74 Å². The van der Waals surface area contributed by atoms with Crippen molar-refractivity contribution in [1.82, 2.24) is 4.98 Å². The van der Waals surface area contributed by atoms with Gasteiger partial charge in [-0.15, -0.1) is 11.8 Å². The maximum Gasteiger partial charge on any atom is 0.173 e. The van der Waals surface area contributed by atoms with Crippen LogP contribution >= 0.6 is 11.8 Å².